The fourth-order valence-corrected chi connectivity index (χ4v) is 3.81. The Hall–Kier alpha value is -3.00. The number of likely N-dealkylation sites (N-methyl/N-ethyl adjacent to an activating group) is 1. The molecule has 0 unspecified atom stereocenters. The van der Waals surface area contributed by atoms with E-state index in [2.05, 4.69) is 9.98 Å². The van der Waals surface area contributed by atoms with E-state index in [1.165, 1.54) is 11.8 Å². The van der Waals surface area contributed by atoms with Gasteiger partial charge in [-0.1, -0.05) is 6.07 Å². The number of hydrogen-bond donors (Lipinski definition) is 0. The van der Waals surface area contributed by atoms with Gasteiger partial charge in [-0.3, -0.25) is 9.69 Å². The number of aromatic nitrogens is 1. The van der Waals surface area contributed by atoms with E-state index in [4.69, 9.17) is 14.2 Å². The molecule has 1 fully saturated rings. The van der Waals surface area contributed by atoms with Gasteiger partial charge >= 0.3 is 0 Å². The average Bonchev–Trinajstić information content (AvgIpc) is 3.02. The van der Waals surface area contributed by atoms with Gasteiger partial charge in [-0.05, 0) is 49.0 Å². The number of carbonyl (C=O) groups is 1. The first-order valence-corrected chi connectivity index (χ1v) is 9.44. The Bertz CT molecular complexity index is 929. The second-order valence-electron chi connectivity index (χ2n) is 5.67. The van der Waals surface area contributed by atoms with E-state index in [0.717, 1.165) is 0 Å². The normalized spacial score (nSPS) is 16.7. The van der Waals surface area contributed by atoms with Crippen LogP contribution in [0.3, 0.4) is 0 Å². The summed E-state index contributed by atoms with van der Waals surface area (Å²) in [6.45, 7) is 2.42. The van der Waals surface area contributed by atoms with Crippen molar-refractivity contribution in [3.05, 3.63) is 47.0 Å². The number of pyridine rings is 1. The number of amidine groups is 1. The van der Waals surface area contributed by atoms with Gasteiger partial charge in [-0.15, -0.1) is 0 Å². The average molecular weight is 399 g/mol. The molecule has 0 saturated carbocycles. The predicted molar refractivity (Wildman–Crippen MR) is 110 cm³/mol. The van der Waals surface area contributed by atoms with E-state index in [9.17, 15) is 4.79 Å². The molecule has 0 radical (unpaired) electrons. The summed E-state index contributed by atoms with van der Waals surface area (Å²) in [5.74, 6) is 1.98. The Labute approximate surface area is 168 Å². The highest BCUT2D eigenvalue weighted by atomic mass is 32.2. The molecule has 3 rings (SSSR count). The smallest absolute Gasteiger partial charge is 0.266 e. The van der Waals surface area contributed by atoms with E-state index in [1.807, 2.05) is 25.1 Å². The summed E-state index contributed by atoms with van der Waals surface area (Å²) >= 11 is 1.30. The Morgan fingerprint density at radius 3 is 2.50 bits per heavy atom. The number of ether oxygens (including phenoxy) is 3. The van der Waals surface area contributed by atoms with Crippen molar-refractivity contribution in [2.24, 2.45) is 4.99 Å². The molecule has 1 saturated heterocycles. The van der Waals surface area contributed by atoms with Crippen molar-refractivity contribution in [3.63, 3.8) is 0 Å². The molecule has 0 spiro atoms. The molecule has 0 bridgehead atoms. The van der Waals surface area contributed by atoms with Gasteiger partial charge < -0.3 is 14.2 Å². The third-order valence-electron chi connectivity index (χ3n) is 4.09. The monoisotopic (exact) mass is 399 g/mol. The zero-order chi connectivity index (χ0) is 20.1. The second-order valence-corrected chi connectivity index (χ2v) is 6.68. The molecule has 28 heavy (non-hydrogen) atoms. The van der Waals surface area contributed by atoms with Crippen LogP contribution in [0.2, 0.25) is 0 Å². The lowest BCUT2D eigenvalue weighted by atomic mass is 10.1. The number of benzene rings is 1. The van der Waals surface area contributed by atoms with Crippen LogP contribution in [0, 0.1) is 0 Å². The van der Waals surface area contributed by atoms with E-state index in [-0.39, 0.29) is 5.91 Å². The van der Waals surface area contributed by atoms with Gasteiger partial charge in [0, 0.05) is 18.3 Å². The third-order valence-corrected chi connectivity index (χ3v) is 5.09. The van der Waals surface area contributed by atoms with Crippen molar-refractivity contribution in [3.8, 4) is 17.2 Å². The number of amides is 1. The number of thioether (sulfide) groups is 1. The van der Waals surface area contributed by atoms with Crippen LogP contribution >= 0.6 is 11.8 Å². The summed E-state index contributed by atoms with van der Waals surface area (Å²) in [4.78, 5) is 23.7. The highest BCUT2D eigenvalue weighted by molar-refractivity contribution is 8.18. The zero-order valence-corrected chi connectivity index (χ0v) is 16.9. The standard InChI is InChI=1S/C20H21N3O4S/c1-5-23-19(24)15(28-20(23)22-16-8-6-7-11-21-16)12-13-9-10-14(25-2)18(27-4)17(13)26-3/h6-12H,5H2,1-4H3/b15-12-,22-20+. The van der Waals surface area contributed by atoms with Crippen molar-refractivity contribution < 1.29 is 19.0 Å². The van der Waals surface area contributed by atoms with Crippen LogP contribution in [0.25, 0.3) is 6.08 Å². The lowest BCUT2D eigenvalue weighted by Crippen LogP contribution is -2.28. The van der Waals surface area contributed by atoms with Crippen molar-refractivity contribution in [2.45, 2.75) is 6.92 Å². The van der Waals surface area contributed by atoms with Crippen LogP contribution in [0.15, 0.2) is 46.4 Å². The summed E-state index contributed by atoms with van der Waals surface area (Å²) in [5, 5.41) is 0.594. The minimum atomic E-state index is -0.112. The maximum Gasteiger partial charge on any atom is 0.266 e. The number of methoxy groups -OCH3 is 3. The van der Waals surface area contributed by atoms with Gasteiger partial charge in [0.2, 0.25) is 5.75 Å². The lowest BCUT2D eigenvalue weighted by molar-refractivity contribution is -0.122. The van der Waals surface area contributed by atoms with Gasteiger partial charge in [-0.2, -0.15) is 0 Å². The summed E-state index contributed by atoms with van der Waals surface area (Å²) in [7, 11) is 4.66. The van der Waals surface area contributed by atoms with Crippen molar-refractivity contribution >= 4 is 34.7 Å². The number of aliphatic imine (C=N–C) groups is 1. The second kappa shape index (κ2) is 8.79. The fourth-order valence-electron chi connectivity index (χ4n) is 2.77. The van der Waals surface area contributed by atoms with Crippen molar-refractivity contribution in [1.29, 1.82) is 0 Å². The molecule has 1 aromatic heterocycles. The molecule has 0 aliphatic carbocycles. The van der Waals surface area contributed by atoms with Crippen LogP contribution in [-0.2, 0) is 4.79 Å². The lowest BCUT2D eigenvalue weighted by Gasteiger charge is -2.14. The van der Waals surface area contributed by atoms with Gasteiger partial charge in [0.1, 0.15) is 0 Å². The van der Waals surface area contributed by atoms with Crippen LogP contribution in [-0.4, -0.2) is 48.8 Å². The number of nitrogens with zero attached hydrogens (tertiary/aromatic N) is 3. The molecular formula is C20H21N3O4S. The Balaban J connectivity index is 2.01. The van der Waals surface area contributed by atoms with Gasteiger partial charge in [0.15, 0.2) is 22.5 Å². The molecule has 2 heterocycles. The molecule has 2 aromatic rings. The van der Waals surface area contributed by atoms with Gasteiger partial charge in [-0.25, -0.2) is 9.98 Å². The largest absolute Gasteiger partial charge is 0.493 e. The first kappa shape index (κ1) is 19.8. The molecule has 7 nitrogen and oxygen atoms in total. The van der Waals surface area contributed by atoms with Gasteiger partial charge in [0.25, 0.3) is 5.91 Å². The molecule has 146 valence electrons. The molecule has 8 heteroatoms. The van der Waals surface area contributed by atoms with Crippen molar-refractivity contribution in [1.82, 2.24) is 9.88 Å². The van der Waals surface area contributed by atoms with Crippen LogP contribution in [0.4, 0.5) is 5.82 Å². The predicted octanol–water partition coefficient (Wildman–Crippen LogP) is 3.73. The van der Waals surface area contributed by atoms with Gasteiger partial charge in [0.05, 0.1) is 26.2 Å². The molecule has 1 aliphatic rings. The number of carbonyl (C=O) groups excluding carboxylic acids is 1. The molecule has 0 atom stereocenters. The number of hydrogen-bond acceptors (Lipinski definition) is 7. The van der Waals surface area contributed by atoms with Crippen LogP contribution < -0.4 is 14.2 Å². The molecule has 1 amide bonds. The SMILES string of the molecule is CCN1C(=O)/C(=C/c2ccc(OC)c(OC)c2OC)S/C1=N/c1ccccn1. The topological polar surface area (TPSA) is 73.2 Å². The summed E-state index contributed by atoms with van der Waals surface area (Å²) in [6.07, 6.45) is 3.44. The maximum atomic E-state index is 12.9. The summed E-state index contributed by atoms with van der Waals surface area (Å²) in [6, 6.07) is 9.08. The third kappa shape index (κ3) is 3.82. The van der Waals surface area contributed by atoms with Crippen molar-refractivity contribution in [2.75, 3.05) is 27.9 Å². The van der Waals surface area contributed by atoms with E-state index in [1.54, 1.807) is 50.6 Å². The van der Waals surface area contributed by atoms with E-state index < -0.39 is 0 Å². The number of rotatable bonds is 6. The first-order valence-electron chi connectivity index (χ1n) is 8.63. The highest BCUT2D eigenvalue weighted by Gasteiger charge is 2.32. The maximum absolute atomic E-state index is 12.9. The Kier molecular flexibility index (Phi) is 6.20. The molecule has 0 N–H and O–H groups in total. The fraction of sp³-hybridized carbons (Fsp3) is 0.250. The van der Waals surface area contributed by atoms with E-state index >= 15 is 0 Å². The Morgan fingerprint density at radius 1 is 1.11 bits per heavy atom. The van der Waals surface area contributed by atoms with E-state index in [0.29, 0.717) is 45.2 Å². The summed E-state index contributed by atoms with van der Waals surface area (Å²) < 4.78 is 16.2. The van der Waals surface area contributed by atoms with Crippen LogP contribution in [0.5, 0.6) is 17.2 Å². The minimum Gasteiger partial charge on any atom is -0.493 e. The highest BCUT2D eigenvalue weighted by Crippen LogP contribution is 2.42. The summed E-state index contributed by atoms with van der Waals surface area (Å²) in [5.41, 5.74) is 0.714. The molecule has 1 aromatic carbocycles. The molecule has 1 aliphatic heterocycles. The zero-order valence-electron chi connectivity index (χ0n) is 16.1. The first-order chi connectivity index (χ1) is 13.6. The van der Waals surface area contributed by atoms with Crippen LogP contribution in [0.1, 0.15) is 12.5 Å². The quantitative estimate of drug-likeness (QED) is 0.689. The Morgan fingerprint density at radius 2 is 1.89 bits per heavy atom. The minimum absolute atomic E-state index is 0.112. The molecular weight excluding hydrogens is 378 g/mol.